The third-order valence-electron chi connectivity index (χ3n) is 2.89. The fraction of sp³-hybridized carbons (Fsp3) is 0.133. The van der Waals surface area contributed by atoms with Crippen LogP contribution in [0.3, 0.4) is 0 Å². The fourth-order valence-corrected chi connectivity index (χ4v) is 2.59. The molecule has 5 heteroatoms. The third kappa shape index (κ3) is 2.83. The van der Waals surface area contributed by atoms with Crippen molar-refractivity contribution in [1.29, 1.82) is 0 Å². The van der Waals surface area contributed by atoms with Gasteiger partial charge in [0.25, 0.3) is 0 Å². The Morgan fingerprint density at radius 1 is 1.15 bits per heavy atom. The minimum absolute atomic E-state index is 0.707. The molecule has 0 spiro atoms. The van der Waals surface area contributed by atoms with Gasteiger partial charge in [-0.15, -0.1) is 0 Å². The molecule has 0 aliphatic rings. The maximum absolute atomic E-state index is 5.22. The van der Waals surface area contributed by atoms with E-state index < -0.39 is 0 Å². The lowest BCUT2D eigenvalue weighted by Crippen LogP contribution is -1.92. The number of aromatic nitrogens is 3. The Kier molecular flexibility index (Phi) is 3.69. The van der Waals surface area contributed by atoms with Crippen LogP contribution in [0.1, 0.15) is 11.4 Å². The van der Waals surface area contributed by atoms with E-state index in [2.05, 4.69) is 20.4 Å². The van der Waals surface area contributed by atoms with E-state index in [1.54, 1.807) is 19.5 Å². The van der Waals surface area contributed by atoms with Crippen molar-refractivity contribution < 1.29 is 4.74 Å². The first-order valence-electron chi connectivity index (χ1n) is 6.21. The van der Waals surface area contributed by atoms with Crippen molar-refractivity contribution in [2.45, 2.75) is 6.42 Å². The van der Waals surface area contributed by atoms with E-state index in [1.807, 2.05) is 30.3 Å². The second kappa shape index (κ2) is 5.79. The molecule has 0 aliphatic heterocycles. The number of hydrogen-bond donors (Lipinski definition) is 0. The first-order valence-corrected chi connectivity index (χ1v) is 6.98. The summed E-state index contributed by atoms with van der Waals surface area (Å²) < 4.78 is 9.63. The molecule has 0 fully saturated rings. The van der Waals surface area contributed by atoms with Gasteiger partial charge in [-0.2, -0.15) is 4.37 Å². The van der Waals surface area contributed by atoms with Crippen LogP contribution in [0.4, 0.5) is 0 Å². The number of pyridine rings is 1. The molecule has 3 rings (SSSR count). The second-order valence-corrected chi connectivity index (χ2v) is 5.03. The normalized spacial score (nSPS) is 10.4. The Labute approximate surface area is 121 Å². The van der Waals surface area contributed by atoms with E-state index in [0.717, 1.165) is 27.7 Å². The summed E-state index contributed by atoms with van der Waals surface area (Å²) in [5.41, 5.74) is 2.19. The zero-order valence-electron chi connectivity index (χ0n) is 11.0. The first kappa shape index (κ1) is 12.7. The summed E-state index contributed by atoms with van der Waals surface area (Å²) in [6.45, 7) is 0. The van der Waals surface area contributed by atoms with Crippen molar-refractivity contribution in [2.24, 2.45) is 0 Å². The molecule has 20 heavy (non-hydrogen) atoms. The molecule has 0 amide bonds. The number of nitrogens with zero attached hydrogens (tertiary/aromatic N) is 3. The van der Waals surface area contributed by atoms with E-state index in [1.165, 1.54) is 11.5 Å². The molecule has 0 N–H and O–H groups in total. The highest BCUT2D eigenvalue weighted by atomic mass is 32.1. The van der Waals surface area contributed by atoms with Gasteiger partial charge in [0, 0.05) is 24.4 Å². The average molecular weight is 283 g/mol. The van der Waals surface area contributed by atoms with Gasteiger partial charge in [0.1, 0.15) is 16.6 Å². The quantitative estimate of drug-likeness (QED) is 0.737. The molecular weight excluding hydrogens is 270 g/mol. The summed E-state index contributed by atoms with van der Waals surface area (Å²) >= 11 is 1.41. The maximum Gasteiger partial charge on any atom is 0.147 e. The molecule has 0 unspecified atom stereocenters. The molecule has 0 radical (unpaired) electrons. The number of benzene rings is 1. The third-order valence-corrected chi connectivity index (χ3v) is 3.69. The van der Waals surface area contributed by atoms with Gasteiger partial charge < -0.3 is 4.74 Å². The molecule has 3 aromatic rings. The topological polar surface area (TPSA) is 47.9 Å². The molecule has 0 saturated heterocycles. The van der Waals surface area contributed by atoms with Gasteiger partial charge in [-0.3, -0.25) is 4.98 Å². The molecular formula is C15H13N3OS. The predicted molar refractivity (Wildman–Crippen MR) is 78.9 cm³/mol. The van der Waals surface area contributed by atoms with Gasteiger partial charge in [-0.05, 0) is 41.4 Å². The Bertz CT molecular complexity index is 697. The van der Waals surface area contributed by atoms with Gasteiger partial charge >= 0.3 is 0 Å². The molecule has 2 heterocycles. The van der Waals surface area contributed by atoms with Gasteiger partial charge in [0.05, 0.1) is 7.11 Å². The molecule has 0 atom stereocenters. The Morgan fingerprint density at radius 2 is 2.00 bits per heavy atom. The molecule has 0 bridgehead atoms. The molecule has 100 valence electrons. The lowest BCUT2D eigenvalue weighted by atomic mass is 10.1. The Morgan fingerprint density at radius 3 is 2.80 bits per heavy atom. The fourth-order valence-electron chi connectivity index (χ4n) is 1.90. The number of ether oxygens (including phenoxy) is 1. The Balaban J connectivity index is 1.80. The summed E-state index contributed by atoms with van der Waals surface area (Å²) in [4.78, 5) is 8.58. The lowest BCUT2D eigenvalue weighted by molar-refractivity contribution is 0.414. The van der Waals surface area contributed by atoms with E-state index in [9.17, 15) is 0 Å². The zero-order valence-corrected chi connectivity index (χ0v) is 11.8. The SMILES string of the molecule is COc1cccc(Cc2nsc(-c3ccncc3)n2)c1. The molecule has 4 nitrogen and oxygen atoms in total. The zero-order chi connectivity index (χ0) is 13.8. The van der Waals surface area contributed by atoms with Crippen LogP contribution in [-0.2, 0) is 6.42 Å². The number of methoxy groups -OCH3 is 1. The van der Waals surface area contributed by atoms with Crippen molar-refractivity contribution in [3.63, 3.8) is 0 Å². The molecule has 2 aromatic heterocycles. The Hall–Kier alpha value is -2.27. The van der Waals surface area contributed by atoms with Gasteiger partial charge in [-0.25, -0.2) is 4.98 Å². The van der Waals surface area contributed by atoms with E-state index in [4.69, 9.17) is 4.74 Å². The standard InChI is InChI=1S/C15H13N3OS/c1-19-13-4-2-3-11(9-13)10-14-17-15(20-18-14)12-5-7-16-8-6-12/h2-9H,10H2,1H3. The summed E-state index contributed by atoms with van der Waals surface area (Å²) in [6.07, 6.45) is 4.23. The van der Waals surface area contributed by atoms with Gasteiger partial charge in [-0.1, -0.05) is 12.1 Å². The highest BCUT2D eigenvalue weighted by Gasteiger charge is 2.07. The van der Waals surface area contributed by atoms with E-state index >= 15 is 0 Å². The van der Waals surface area contributed by atoms with Crippen molar-refractivity contribution in [2.75, 3.05) is 7.11 Å². The van der Waals surface area contributed by atoms with Crippen LogP contribution < -0.4 is 4.74 Å². The number of hydrogen-bond acceptors (Lipinski definition) is 5. The summed E-state index contributed by atoms with van der Waals surface area (Å²) in [6, 6.07) is 11.8. The molecule has 0 saturated carbocycles. The summed E-state index contributed by atoms with van der Waals surface area (Å²) in [5, 5.41) is 0.922. The van der Waals surface area contributed by atoms with Gasteiger partial charge in [0.2, 0.25) is 0 Å². The van der Waals surface area contributed by atoms with Crippen LogP contribution in [0.25, 0.3) is 10.6 Å². The van der Waals surface area contributed by atoms with Crippen LogP contribution in [-0.4, -0.2) is 21.5 Å². The summed E-state index contributed by atoms with van der Waals surface area (Å²) in [7, 11) is 1.67. The van der Waals surface area contributed by atoms with Gasteiger partial charge in [0.15, 0.2) is 0 Å². The van der Waals surface area contributed by atoms with E-state index in [0.29, 0.717) is 6.42 Å². The first-order chi connectivity index (χ1) is 9.85. The lowest BCUT2D eigenvalue weighted by Gasteiger charge is -2.01. The highest BCUT2D eigenvalue weighted by molar-refractivity contribution is 7.09. The highest BCUT2D eigenvalue weighted by Crippen LogP contribution is 2.22. The largest absolute Gasteiger partial charge is 0.497 e. The smallest absolute Gasteiger partial charge is 0.147 e. The summed E-state index contributed by atoms with van der Waals surface area (Å²) in [5.74, 6) is 1.68. The predicted octanol–water partition coefficient (Wildman–Crippen LogP) is 3.20. The van der Waals surface area contributed by atoms with Crippen molar-refractivity contribution in [1.82, 2.24) is 14.3 Å². The van der Waals surface area contributed by atoms with Crippen molar-refractivity contribution in [3.05, 3.63) is 60.2 Å². The van der Waals surface area contributed by atoms with Crippen LogP contribution >= 0.6 is 11.5 Å². The monoisotopic (exact) mass is 283 g/mol. The van der Waals surface area contributed by atoms with Crippen LogP contribution in [0.2, 0.25) is 0 Å². The van der Waals surface area contributed by atoms with Crippen LogP contribution in [0.5, 0.6) is 5.75 Å². The maximum atomic E-state index is 5.22. The van der Waals surface area contributed by atoms with Crippen LogP contribution in [0, 0.1) is 0 Å². The van der Waals surface area contributed by atoms with Crippen LogP contribution in [0.15, 0.2) is 48.8 Å². The van der Waals surface area contributed by atoms with Crippen molar-refractivity contribution in [3.8, 4) is 16.3 Å². The minimum atomic E-state index is 0.707. The van der Waals surface area contributed by atoms with E-state index in [-0.39, 0.29) is 0 Å². The second-order valence-electron chi connectivity index (χ2n) is 4.28. The van der Waals surface area contributed by atoms with Crippen molar-refractivity contribution >= 4 is 11.5 Å². The molecule has 1 aromatic carbocycles. The minimum Gasteiger partial charge on any atom is -0.497 e. The average Bonchev–Trinajstić information content (AvgIpc) is 2.97. The number of rotatable bonds is 4. The molecule has 0 aliphatic carbocycles.